The van der Waals surface area contributed by atoms with Gasteiger partial charge in [-0.2, -0.15) is 0 Å². The maximum absolute atomic E-state index is 12.6. The molecule has 1 saturated heterocycles. The minimum absolute atomic E-state index is 0.159. The molecule has 0 unspecified atom stereocenters. The van der Waals surface area contributed by atoms with Crippen LogP contribution in [0, 0.1) is 0 Å². The van der Waals surface area contributed by atoms with E-state index in [1.807, 2.05) is 41.3 Å². The molecule has 2 aromatic carbocycles. The van der Waals surface area contributed by atoms with E-state index in [1.54, 1.807) is 12.1 Å². The average Bonchev–Trinajstić information content (AvgIpc) is 2.74. The Balaban J connectivity index is 1.55. The predicted molar refractivity (Wildman–Crippen MR) is 115 cm³/mol. The minimum atomic E-state index is -0.159. The van der Waals surface area contributed by atoms with Gasteiger partial charge in [0.15, 0.2) is 0 Å². The van der Waals surface area contributed by atoms with E-state index in [9.17, 15) is 9.59 Å². The standard InChI is InChI=1S/C24H30N2O3/c1-2-3-6-16-29-22-13-11-20(12-14-22)24(28)25-21-9-7-8-19(17-21)18-26-15-5-4-10-23(26)27/h7-9,11-14,17H,2-6,10,15-16,18H2,1H3,(H,25,28). The van der Waals surface area contributed by atoms with Crippen LogP contribution in [0.3, 0.4) is 0 Å². The maximum atomic E-state index is 12.6. The van der Waals surface area contributed by atoms with Crippen LogP contribution in [0.15, 0.2) is 48.5 Å². The summed E-state index contributed by atoms with van der Waals surface area (Å²) >= 11 is 0. The summed E-state index contributed by atoms with van der Waals surface area (Å²) in [7, 11) is 0. The maximum Gasteiger partial charge on any atom is 0.255 e. The summed E-state index contributed by atoms with van der Waals surface area (Å²) in [6, 6.07) is 14.9. The Hall–Kier alpha value is -2.82. The number of rotatable bonds is 9. The number of benzene rings is 2. The van der Waals surface area contributed by atoms with Crippen molar-refractivity contribution in [2.75, 3.05) is 18.5 Å². The third kappa shape index (κ3) is 6.34. The Morgan fingerprint density at radius 3 is 2.69 bits per heavy atom. The lowest BCUT2D eigenvalue weighted by atomic mass is 10.1. The molecule has 29 heavy (non-hydrogen) atoms. The van der Waals surface area contributed by atoms with Crippen LogP contribution >= 0.6 is 0 Å². The normalized spacial score (nSPS) is 14.0. The van der Waals surface area contributed by atoms with E-state index in [4.69, 9.17) is 4.74 Å². The molecule has 0 radical (unpaired) electrons. The summed E-state index contributed by atoms with van der Waals surface area (Å²) in [6.07, 6.45) is 6.03. The second-order valence-electron chi connectivity index (χ2n) is 7.51. The van der Waals surface area contributed by atoms with Crippen LogP contribution in [0.1, 0.15) is 61.4 Å². The minimum Gasteiger partial charge on any atom is -0.494 e. The van der Waals surface area contributed by atoms with E-state index in [1.165, 1.54) is 0 Å². The van der Waals surface area contributed by atoms with E-state index in [0.717, 1.165) is 55.6 Å². The SMILES string of the molecule is CCCCCOc1ccc(C(=O)Nc2cccc(CN3CCCCC3=O)c2)cc1. The van der Waals surface area contributed by atoms with Gasteiger partial charge >= 0.3 is 0 Å². The summed E-state index contributed by atoms with van der Waals surface area (Å²) in [6.45, 7) is 4.26. The molecule has 154 valence electrons. The number of nitrogens with zero attached hydrogens (tertiary/aromatic N) is 1. The van der Waals surface area contributed by atoms with Crippen LogP contribution in [0.2, 0.25) is 0 Å². The molecule has 0 bridgehead atoms. The fourth-order valence-corrected chi connectivity index (χ4v) is 3.44. The van der Waals surface area contributed by atoms with Gasteiger partial charge in [-0.3, -0.25) is 9.59 Å². The van der Waals surface area contributed by atoms with Crippen molar-refractivity contribution in [1.82, 2.24) is 4.90 Å². The Bertz CT molecular complexity index is 817. The molecule has 1 fully saturated rings. The number of likely N-dealkylation sites (tertiary alicyclic amines) is 1. The van der Waals surface area contributed by atoms with E-state index in [-0.39, 0.29) is 11.8 Å². The first-order valence-corrected chi connectivity index (χ1v) is 10.6. The number of hydrogen-bond acceptors (Lipinski definition) is 3. The summed E-state index contributed by atoms with van der Waals surface area (Å²) in [5.74, 6) is 0.835. The third-order valence-corrected chi connectivity index (χ3v) is 5.11. The number of amides is 2. The van der Waals surface area contributed by atoms with Crippen LogP contribution in [-0.4, -0.2) is 29.9 Å². The van der Waals surface area contributed by atoms with Gasteiger partial charge in [0.2, 0.25) is 5.91 Å². The van der Waals surface area contributed by atoms with Crippen LogP contribution in [0.4, 0.5) is 5.69 Å². The summed E-state index contributed by atoms with van der Waals surface area (Å²) in [5.41, 5.74) is 2.34. The molecule has 1 heterocycles. The van der Waals surface area contributed by atoms with E-state index < -0.39 is 0 Å². The Morgan fingerprint density at radius 2 is 1.93 bits per heavy atom. The van der Waals surface area contributed by atoms with Crippen LogP contribution in [0.5, 0.6) is 5.75 Å². The van der Waals surface area contributed by atoms with E-state index >= 15 is 0 Å². The molecule has 0 aliphatic carbocycles. The van der Waals surface area contributed by atoms with Crippen molar-refractivity contribution in [2.45, 2.75) is 52.0 Å². The van der Waals surface area contributed by atoms with Crippen LogP contribution in [0.25, 0.3) is 0 Å². The second-order valence-corrected chi connectivity index (χ2v) is 7.51. The van der Waals surface area contributed by atoms with Crippen molar-refractivity contribution in [3.63, 3.8) is 0 Å². The van der Waals surface area contributed by atoms with Crippen molar-refractivity contribution in [3.8, 4) is 5.75 Å². The molecule has 5 nitrogen and oxygen atoms in total. The van der Waals surface area contributed by atoms with Gasteiger partial charge in [0.25, 0.3) is 5.91 Å². The van der Waals surface area contributed by atoms with Crippen molar-refractivity contribution in [3.05, 3.63) is 59.7 Å². The average molecular weight is 395 g/mol. The summed E-state index contributed by atoms with van der Waals surface area (Å²) in [5, 5.41) is 2.94. The molecule has 2 amide bonds. The number of anilines is 1. The molecule has 1 N–H and O–H groups in total. The highest BCUT2D eigenvalue weighted by Crippen LogP contribution is 2.19. The smallest absolute Gasteiger partial charge is 0.255 e. The largest absolute Gasteiger partial charge is 0.494 e. The second kappa shape index (κ2) is 10.6. The van der Waals surface area contributed by atoms with E-state index in [2.05, 4.69) is 12.2 Å². The topological polar surface area (TPSA) is 58.6 Å². The molecule has 2 aromatic rings. The highest BCUT2D eigenvalue weighted by atomic mass is 16.5. The highest BCUT2D eigenvalue weighted by Gasteiger charge is 2.18. The zero-order valence-corrected chi connectivity index (χ0v) is 17.2. The molecule has 5 heteroatoms. The number of carbonyl (C=O) groups excluding carboxylic acids is 2. The zero-order chi connectivity index (χ0) is 20.5. The Labute approximate surface area is 173 Å². The third-order valence-electron chi connectivity index (χ3n) is 5.11. The van der Waals surface area contributed by atoms with Crippen molar-refractivity contribution in [1.29, 1.82) is 0 Å². The molecule has 0 atom stereocenters. The van der Waals surface area contributed by atoms with Gasteiger partial charge in [0, 0.05) is 30.8 Å². The number of piperidine rings is 1. The zero-order valence-electron chi connectivity index (χ0n) is 17.2. The van der Waals surface area contributed by atoms with Gasteiger partial charge < -0.3 is 15.0 Å². The van der Waals surface area contributed by atoms with Crippen molar-refractivity contribution >= 4 is 17.5 Å². The van der Waals surface area contributed by atoms with Gasteiger partial charge in [-0.25, -0.2) is 0 Å². The molecule has 3 rings (SSSR count). The summed E-state index contributed by atoms with van der Waals surface area (Å²) in [4.78, 5) is 26.5. The molecule has 0 aromatic heterocycles. The lowest BCUT2D eigenvalue weighted by Crippen LogP contribution is -2.34. The quantitative estimate of drug-likeness (QED) is 0.608. The lowest BCUT2D eigenvalue weighted by Gasteiger charge is -2.26. The van der Waals surface area contributed by atoms with Gasteiger partial charge in [-0.05, 0) is 61.2 Å². The first kappa shape index (κ1) is 20.9. The summed E-state index contributed by atoms with van der Waals surface area (Å²) < 4.78 is 5.69. The van der Waals surface area contributed by atoms with Gasteiger partial charge in [0.05, 0.1) is 6.61 Å². The number of carbonyl (C=O) groups is 2. The van der Waals surface area contributed by atoms with Gasteiger partial charge in [-0.15, -0.1) is 0 Å². The molecule has 1 aliphatic heterocycles. The number of nitrogens with one attached hydrogen (secondary N) is 1. The molecular weight excluding hydrogens is 364 g/mol. The van der Waals surface area contributed by atoms with E-state index in [0.29, 0.717) is 25.1 Å². The molecule has 0 saturated carbocycles. The van der Waals surface area contributed by atoms with Crippen molar-refractivity contribution < 1.29 is 14.3 Å². The molecular formula is C24H30N2O3. The number of unbranched alkanes of at least 4 members (excludes halogenated alkanes) is 2. The highest BCUT2D eigenvalue weighted by molar-refractivity contribution is 6.04. The predicted octanol–water partition coefficient (Wildman–Crippen LogP) is 5.02. The van der Waals surface area contributed by atoms with Crippen molar-refractivity contribution in [2.24, 2.45) is 0 Å². The molecule has 0 spiro atoms. The fraction of sp³-hybridized carbons (Fsp3) is 0.417. The Kier molecular flexibility index (Phi) is 7.68. The van der Waals surface area contributed by atoms with Crippen LogP contribution in [-0.2, 0) is 11.3 Å². The number of hydrogen-bond donors (Lipinski definition) is 1. The lowest BCUT2D eigenvalue weighted by molar-refractivity contribution is -0.133. The van der Waals surface area contributed by atoms with Gasteiger partial charge in [0.1, 0.15) is 5.75 Å². The first-order chi connectivity index (χ1) is 14.2. The monoisotopic (exact) mass is 394 g/mol. The number of ether oxygens (including phenoxy) is 1. The van der Waals surface area contributed by atoms with Gasteiger partial charge in [-0.1, -0.05) is 31.9 Å². The van der Waals surface area contributed by atoms with Crippen LogP contribution < -0.4 is 10.1 Å². The Morgan fingerprint density at radius 1 is 1.10 bits per heavy atom. The first-order valence-electron chi connectivity index (χ1n) is 10.6. The fourth-order valence-electron chi connectivity index (χ4n) is 3.44. The molecule has 1 aliphatic rings.